The van der Waals surface area contributed by atoms with Crippen molar-refractivity contribution in [1.82, 2.24) is 4.90 Å². The lowest BCUT2D eigenvalue weighted by Gasteiger charge is -2.34. The van der Waals surface area contributed by atoms with Gasteiger partial charge in [-0.25, -0.2) is 9.18 Å². The Bertz CT molecular complexity index is 545. The minimum absolute atomic E-state index is 0.138. The molecule has 0 aromatic heterocycles. The summed E-state index contributed by atoms with van der Waals surface area (Å²) in [5, 5.41) is 3.35. The van der Waals surface area contributed by atoms with E-state index in [2.05, 4.69) is 21.2 Å². The van der Waals surface area contributed by atoms with Gasteiger partial charge in [0.15, 0.2) is 0 Å². The Morgan fingerprint density at radius 1 is 1.45 bits per heavy atom. The third-order valence-electron chi connectivity index (χ3n) is 3.36. The monoisotopic (exact) mass is 372 g/mol. The quantitative estimate of drug-likeness (QED) is 0.836. The molecule has 2 rings (SSSR count). The van der Waals surface area contributed by atoms with Crippen LogP contribution in [-0.2, 0) is 4.74 Å². The molecule has 1 aliphatic heterocycles. The van der Waals surface area contributed by atoms with Crippen molar-refractivity contribution in [3.63, 3.8) is 0 Å². The van der Waals surface area contributed by atoms with Crippen molar-refractivity contribution in [3.8, 4) is 0 Å². The van der Waals surface area contributed by atoms with E-state index in [1.807, 2.05) is 20.8 Å². The molecule has 0 spiro atoms. The number of rotatable bonds is 2. The second-order valence-corrected chi connectivity index (χ2v) is 7.39. The van der Waals surface area contributed by atoms with E-state index in [1.165, 1.54) is 6.07 Å². The highest BCUT2D eigenvalue weighted by atomic mass is 79.9. The number of piperidine rings is 1. The maximum absolute atomic E-state index is 13.3. The van der Waals surface area contributed by atoms with Crippen molar-refractivity contribution in [2.45, 2.75) is 45.3 Å². The lowest BCUT2D eigenvalue weighted by molar-refractivity contribution is 0.0206. The van der Waals surface area contributed by atoms with Crippen LogP contribution >= 0.6 is 15.9 Å². The van der Waals surface area contributed by atoms with Crippen molar-refractivity contribution in [2.24, 2.45) is 0 Å². The van der Waals surface area contributed by atoms with E-state index in [4.69, 9.17) is 4.74 Å². The van der Waals surface area contributed by atoms with E-state index in [-0.39, 0.29) is 18.0 Å². The number of amides is 1. The molecule has 1 N–H and O–H groups in total. The molecule has 1 atom stereocenters. The first-order valence-electron chi connectivity index (χ1n) is 7.44. The normalized spacial score (nSPS) is 19.0. The molecule has 1 heterocycles. The molecule has 1 aliphatic rings. The van der Waals surface area contributed by atoms with Gasteiger partial charge < -0.3 is 15.0 Å². The van der Waals surface area contributed by atoms with Crippen LogP contribution < -0.4 is 5.32 Å². The Kier molecular flexibility index (Phi) is 5.32. The van der Waals surface area contributed by atoms with E-state index >= 15 is 0 Å². The van der Waals surface area contributed by atoms with Gasteiger partial charge in [-0.2, -0.15) is 0 Å². The predicted molar refractivity (Wildman–Crippen MR) is 88.6 cm³/mol. The molecule has 122 valence electrons. The fraction of sp³-hybridized carbons (Fsp3) is 0.562. The number of nitrogens with one attached hydrogen (secondary N) is 1. The van der Waals surface area contributed by atoms with E-state index in [9.17, 15) is 9.18 Å². The fourth-order valence-electron chi connectivity index (χ4n) is 2.41. The molecule has 0 radical (unpaired) electrons. The first-order valence-corrected chi connectivity index (χ1v) is 8.23. The van der Waals surface area contributed by atoms with Gasteiger partial charge in [0.05, 0.1) is 4.47 Å². The Labute approximate surface area is 139 Å². The van der Waals surface area contributed by atoms with Crippen LogP contribution in [0.2, 0.25) is 0 Å². The maximum atomic E-state index is 13.3. The molecule has 4 nitrogen and oxygen atoms in total. The SMILES string of the molecule is CC(C)(C)OC(=O)N1CCCC(Nc2ccc(F)c(Br)c2)C1. The third-order valence-corrected chi connectivity index (χ3v) is 3.97. The van der Waals surface area contributed by atoms with Crippen LogP contribution in [0.15, 0.2) is 22.7 Å². The number of hydrogen-bond acceptors (Lipinski definition) is 3. The number of anilines is 1. The van der Waals surface area contributed by atoms with Crippen molar-refractivity contribution in [3.05, 3.63) is 28.5 Å². The number of benzene rings is 1. The molecule has 1 unspecified atom stereocenters. The minimum Gasteiger partial charge on any atom is -0.444 e. The van der Waals surface area contributed by atoms with Gasteiger partial charge in [0.25, 0.3) is 0 Å². The molecule has 1 fully saturated rings. The Morgan fingerprint density at radius 3 is 2.82 bits per heavy atom. The largest absolute Gasteiger partial charge is 0.444 e. The van der Waals surface area contributed by atoms with E-state index in [0.717, 1.165) is 18.5 Å². The standard InChI is InChI=1S/C16H22BrFN2O2/c1-16(2,3)22-15(21)20-8-4-5-12(10-20)19-11-6-7-14(18)13(17)9-11/h6-7,9,12,19H,4-5,8,10H2,1-3H3. The van der Waals surface area contributed by atoms with Gasteiger partial charge >= 0.3 is 6.09 Å². The second-order valence-electron chi connectivity index (χ2n) is 6.54. The molecule has 1 saturated heterocycles. The van der Waals surface area contributed by atoms with Gasteiger partial charge in [-0.15, -0.1) is 0 Å². The third kappa shape index (κ3) is 4.87. The summed E-state index contributed by atoms with van der Waals surface area (Å²) in [5.41, 5.74) is 0.350. The zero-order chi connectivity index (χ0) is 16.3. The molecular weight excluding hydrogens is 351 g/mol. The first-order chi connectivity index (χ1) is 10.2. The number of carbonyl (C=O) groups excluding carboxylic acids is 1. The Balaban J connectivity index is 1.95. The van der Waals surface area contributed by atoms with E-state index < -0.39 is 5.60 Å². The first kappa shape index (κ1) is 17.1. The van der Waals surface area contributed by atoms with Gasteiger partial charge in [-0.05, 0) is 67.7 Å². The van der Waals surface area contributed by atoms with Crippen molar-refractivity contribution < 1.29 is 13.9 Å². The fourth-order valence-corrected chi connectivity index (χ4v) is 2.79. The summed E-state index contributed by atoms with van der Waals surface area (Å²) >= 11 is 3.18. The molecule has 6 heteroatoms. The van der Waals surface area contributed by atoms with Gasteiger partial charge in [0, 0.05) is 24.8 Å². The van der Waals surface area contributed by atoms with E-state index in [1.54, 1.807) is 17.0 Å². The van der Waals surface area contributed by atoms with Crippen molar-refractivity contribution in [2.75, 3.05) is 18.4 Å². The lowest BCUT2D eigenvalue weighted by atomic mass is 10.1. The maximum Gasteiger partial charge on any atom is 0.410 e. The van der Waals surface area contributed by atoms with Crippen LogP contribution in [0.1, 0.15) is 33.6 Å². The molecule has 0 aliphatic carbocycles. The summed E-state index contributed by atoms with van der Waals surface area (Å²) in [7, 11) is 0. The van der Waals surface area contributed by atoms with Crippen LogP contribution in [0.5, 0.6) is 0 Å². The number of hydrogen-bond donors (Lipinski definition) is 1. The zero-order valence-electron chi connectivity index (χ0n) is 13.2. The van der Waals surface area contributed by atoms with Crippen LogP contribution in [-0.4, -0.2) is 35.7 Å². The smallest absolute Gasteiger partial charge is 0.410 e. The molecule has 0 saturated carbocycles. The van der Waals surface area contributed by atoms with Gasteiger partial charge in [-0.3, -0.25) is 0 Å². The molecule has 0 bridgehead atoms. The number of carbonyl (C=O) groups is 1. The number of nitrogens with zero attached hydrogens (tertiary/aromatic N) is 1. The summed E-state index contributed by atoms with van der Waals surface area (Å²) < 4.78 is 19.1. The lowest BCUT2D eigenvalue weighted by Crippen LogP contribution is -2.46. The summed E-state index contributed by atoms with van der Waals surface area (Å²) in [5.74, 6) is -0.287. The highest BCUT2D eigenvalue weighted by molar-refractivity contribution is 9.10. The van der Waals surface area contributed by atoms with Crippen LogP contribution in [0.3, 0.4) is 0 Å². The number of halogens is 2. The van der Waals surface area contributed by atoms with Gasteiger partial charge in [-0.1, -0.05) is 0 Å². The average molecular weight is 373 g/mol. The van der Waals surface area contributed by atoms with Crippen LogP contribution in [0, 0.1) is 5.82 Å². The molecule has 1 amide bonds. The zero-order valence-corrected chi connectivity index (χ0v) is 14.7. The second kappa shape index (κ2) is 6.86. The summed E-state index contributed by atoms with van der Waals surface area (Å²) in [6.45, 7) is 6.88. The van der Waals surface area contributed by atoms with Crippen LogP contribution in [0.4, 0.5) is 14.9 Å². The molecule has 22 heavy (non-hydrogen) atoms. The topological polar surface area (TPSA) is 41.6 Å². The van der Waals surface area contributed by atoms with Crippen molar-refractivity contribution >= 4 is 27.7 Å². The van der Waals surface area contributed by atoms with Gasteiger partial charge in [0.1, 0.15) is 11.4 Å². The van der Waals surface area contributed by atoms with Crippen molar-refractivity contribution in [1.29, 1.82) is 0 Å². The predicted octanol–water partition coefficient (Wildman–Crippen LogP) is 4.40. The summed E-state index contributed by atoms with van der Waals surface area (Å²) in [6, 6.07) is 4.97. The number of ether oxygens (including phenoxy) is 1. The Morgan fingerprint density at radius 2 is 2.18 bits per heavy atom. The summed E-state index contributed by atoms with van der Waals surface area (Å²) in [6.07, 6.45) is 1.60. The minimum atomic E-state index is -0.487. The molecular formula is C16H22BrFN2O2. The average Bonchev–Trinajstić information content (AvgIpc) is 2.41. The Hall–Kier alpha value is -1.30. The highest BCUT2D eigenvalue weighted by Crippen LogP contribution is 2.23. The van der Waals surface area contributed by atoms with Gasteiger partial charge in [0.2, 0.25) is 0 Å². The molecule has 1 aromatic carbocycles. The number of likely N-dealkylation sites (tertiary alicyclic amines) is 1. The molecule has 1 aromatic rings. The highest BCUT2D eigenvalue weighted by Gasteiger charge is 2.27. The summed E-state index contributed by atoms with van der Waals surface area (Å²) in [4.78, 5) is 13.9. The van der Waals surface area contributed by atoms with Crippen LogP contribution in [0.25, 0.3) is 0 Å². The van der Waals surface area contributed by atoms with E-state index in [0.29, 0.717) is 17.6 Å².